The van der Waals surface area contributed by atoms with Crippen molar-refractivity contribution in [3.05, 3.63) is 29.8 Å². The molecule has 0 aliphatic rings. The van der Waals surface area contributed by atoms with E-state index in [1.807, 2.05) is 0 Å². The van der Waals surface area contributed by atoms with E-state index in [1.54, 1.807) is 24.3 Å². The second-order valence-corrected chi connectivity index (χ2v) is 4.14. The fourth-order valence-corrected chi connectivity index (χ4v) is 1.56. The number of nitrogens with one attached hydrogen (secondary N) is 1. The van der Waals surface area contributed by atoms with Gasteiger partial charge in [-0.15, -0.1) is 0 Å². The third-order valence-electron chi connectivity index (χ3n) is 2.61. The number of benzene rings is 1. The first-order chi connectivity index (χ1) is 8.74. The molecule has 0 spiro atoms. The molecule has 4 nitrogen and oxygen atoms in total. The summed E-state index contributed by atoms with van der Waals surface area (Å²) in [5.74, 6) is -0.213. The van der Waals surface area contributed by atoms with Crippen LogP contribution in [0.1, 0.15) is 36.5 Å². The summed E-state index contributed by atoms with van der Waals surface area (Å²) in [7, 11) is 0. The SMILES string of the molecule is CCCCCNCCOc1ccc(C(=O)O)cc1. The van der Waals surface area contributed by atoms with Crippen LogP contribution in [0.4, 0.5) is 0 Å². The molecule has 1 aromatic carbocycles. The molecule has 0 aliphatic heterocycles. The monoisotopic (exact) mass is 251 g/mol. The smallest absolute Gasteiger partial charge is 0.335 e. The van der Waals surface area contributed by atoms with Crippen LogP contribution in [0.3, 0.4) is 0 Å². The van der Waals surface area contributed by atoms with E-state index in [0.29, 0.717) is 12.4 Å². The van der Waals surface area contributed by atoms with Crippen LogP contribution in [0.25, 0.3) is 0 Å². The molecule has 0 atom stereocenters. The lowest BCUT2D eigenvalue weighted by atomic mass is 10.2. The first-order valence-electron chi connectivity index (χ1n) is 6.41. The molecule has 1 rings (SSSR count). The van der Waals surface area contributed by atoms with Gasteiger partial charge in [0.15, 0.2) is 0 Å². The van der Waals surface area contributed by atoms with E-state index in [4.69, 9.17) is 9.84 Å². The van der Waals surface area contributed by atoms with Crippen LogP contribution in [0, 0.1) is 0 Å². The average molecular weight is 251 g/mol. The molecule has 0 saturated carbocycles. The summed E-state index contributed by atoms with van der Waals surface area (Å²) < 4.78 is 5.49. The summed E-state index contributed by atoms with van der Waals surface area (Å²) in [5.41, 5.74) is 0.278. The van der Waals surface area contributed by atoms with Crippen LogP contribution in [0.2, 0.25) is 0 Å². The molecule has 1 aromatic rings. The maximum atomic E-state index is 10.6. The minimum Gasteiger partial charge on any atom is -0.492 e. The summed E-state index contributed by atoms with van der Waals surface area (Å²) in [6, 6.07) is 6.46. The van der Waals surface area contributed by atoms with Crippen molar-refractivity contribution in [3.63, 3.8) is 0 Å². The molecular formula is C14H21NO3. The third kappa shape index (κ3) is 5.68. The Morgan fingerprint density at radius 2 is 1.94 bits per heavy atom. The van der Waals surface area contributed by atoms with Gasteiger partial charge >= 0.3 is 5.97 Å². The maximum Gasteiger partial charge on any atom is 0.335 e. The van der Waals surface area contributed by atoms with Gasteiger partial charge in [0.25, 0.3) is 0 Å². The molecule has 0 amide bonds. The van der Waals surface area contributed by atoms with E-state index < -0.39 is 5.97 Å². The molecule has 0 bridgehead atoms. The lowest BCUT2D eigenvalue weighted by Gasteiger charge is -2.07. The lowest BCUT2D eigenvalue weighted by molar-refractivity contribution is 0.0697. The van der Waals surface area contributed by atoms with Gasteiger partial charge in [0.1, 0.15) is 12.4 Å². The Bertz CT molecular complexity index is 349. The van der Waals surface area contributed by atoms with Gasteiger partial charge in [-0.3, -0.25) is 0 Å². The van der Waals surface area contributed by atoms with Crippen molar-refractivity contribution in [2.75, 3.05) is 19.7 Å². The highest BCUT2D eigenvalue weighted by molar-refractivity contribution is 5.87. The largest absolute Gasteiger partial charge is 0.492 e. The minimum absolute atomic E-state index is 0.278. The first kappa shape index (κ1) is 14.5. The molecule has 0 aliphatic carbocycles. The molecule has 18 heavy (non-hydrogen) atoms. The van der Waals surface area contributed by atoms with Crippen molar-refractivity contribution in [2.24, 2.45) is 0 Å². The zero-order valence-corrected chi connectivity index (χ0v) is 10.8. The van der Waals surface area contributed by atoms with Crippen molar-refractivity contribution < 1.29 is 14.6 Å². The maximum absolute atomic E-state index is 10.6. The predicted octanol–water partition coefficient (Wildman–Crippen LogP) is 2.54. The standard InChI is InChI=1S/C14H21NO3/c1-2-3-4-9-15-10-11-18-13-7-5-12(6-8-13)14(16)17/h5-8,15H,2-4,9-11H2,1H3,(H,16,17). The van der Waals surface area contributed by atoms with Crippen LogP contribution in [0.15, 0.2) is 24.3 Å². The van der Waals surface area contributed by atoms with Gasteiger partial charge in [0.05, 0.1) is 5.56 Å². The van der Waals surface area contributed by atoms with E-state index in [1.165, 1.54) is 19.3 Å². The van der Waals surface area contributed by atoms with Gasteiger partial charge in [-0.25, -0.2) is 4.79 Å². The Morgan fingerprint density at radius 1 is 1.22 bits per heavy atom. The molecule has 100 valence electrons. The number of carboxylic acids is 1. The number of ether oxygens (including phenoxy) is 1. The van der Waals surface area contributed by atoms with E-state index in [0.717, 1.165) is 13.1 Å². The zero-order chi connectivity index (χ0) is 13.2. The summed E-state index contributed by atoms with van der Waals surface area (Å²) in [5, 5.41) is 12.0. The van der Waals surface area contributed by atoms with E-state index in [9.17, 15) is 4.79 Å². The van der Waals surface area contributed by atoms with Crippen molar-refractivity contribution in [3.8, 4) is 5.75 Å². The summed E-state index contributed by atoms with van der Waals surface area (Å²) in [6.07, 6.45) is 3.68. The average Bonchev–Trinajstić information content (AvgIpc) is 2.38. The normalized spacial score (nSPS) is 10.3. The van der Waals surface area contributed by atoms with Crippen LogP contribution in [0.5, 0.6) is 5.75 Å². The first-order valence-corrected chi connectivity index (χ1v) is 6.41. The Balaban J connectivity index is 2.14. The number of hydrogen-bond acceptors (Lipinski definition) is 3. The fraction of sp³-hybridized carbons (Fsp3) is 0.500. The van der Waals surface area contributed by atoms with Gasteiger partial charge in [-0.1, -0.05) is 19.8 Å². The van der Waals surface area contributed by atoms with Crippen LogP contribution in [-0.2, 0) is 0 Å². The summed E-state index contributed by atoms with van der Waals surface area (Å²) in [6.45, 7) is 4.61. The Hall–Kier alpha value is -1.55. The number of hydrogen-bond donors (Lipinski definition) is 2. The Labute approximate surface area is 108 Å². The molecule has 0 aromatic heterocycles. The van der Waals surface area contributed by atoms with Crippen LogP contribution in [-0.4, -0.2) is 30.8 Å². The third-order valence-corrected chi connectivity index (χ3v) is 2.61. The molecule has 0 fully saturated rings. The van der Waals surface area contributed by atoms with Crippen molar-refractivity contribution in [1.29, 1.82) is 0 Å². The number of carboxylic acid groups (broad SMARTS) is 1. The second kappa shape index (κ2) is 8.53. The number of rotatable bonds is 9. The highest BCUT2D eigenvalue weighted by Crippen LogP contribution is 2.11. The zero-order valence-electron chi connectivity index (χ0n) is 10.8. The molecular weight excluding hydrogens is 230 g/mol. The number of aromatic carboxylic acids is 1. The number of unbranched alkanes of at least 4 members (excludes halogenated alkanes) is 2. The molecule has 4 heteroatoms. The van der Waals surface area contributed by atoms with Gasteiger partial charge in [-0.05, 0) is 37.2 Å². The molecule has 2 N–H and O–H groups in total. The minimum atomic E-state index is -0.917. The highest BCUT2D eigenvalue weighted by atomic mass is 16.5. The fourth-order valence-electron chi connectivity index (χ4n) is 1.56. The second-order valence-electron chi connectivity index (χ2n) is 4.14. The van der Waals surface area contributed by atoms with Crippen LogP contribution < -0.4 is 10.1 Å². The van der Waals surface area contributed by atoms with E-state index in [-0.39, 0.29) is 5.56 Å². The Morgan fingerprint density at radius 3 is 2.56 bits per heavy atom. The van der Waals surface area contributed by atoms with E-state index >= 15 is 0 Å². The van der Waals surface area contributed by atoms with Gasteiger partial charge in [0.2, 0.25) is 0 Å². The van der Waals surface area contributed by atoms with Crippen molar-refractivity contribution in [1.82, 2.24) is 5.32 Å². The molecule has 0 unspecified atom stereocenters. The highest BCUT2D eigenvalue weighted by Gasteiger charge is 2.01. The van der Waals surface area contributed by atoms with E-state index in [2.05, 4.69) is 12.2 Å². The summed E-state index contributed by atoms with van der Waals surface area (Å²) >= 11 is 0. The molecule has 0 heterocycles. The van der Waals surface area contributed by atoms with Crippen molar-refractivity contribution in [2.45, 2.75) is 26.2 Å². The topological polar surface area (TPSA) is 58.6 Å². The van der Waals surface area contributed by atoms with Gasteiger partial charge in [-0.2, -0.15) is 0 Å². The van der Waals surface area contributed by atoms with Crippen molar-refractivity contribution >= 4 is 5.97 Å². The number of carbonyl (C=O) groups is 1. The molecule has 0 saturated heterocycles. The molecule has 0 radical (unpaired) electrons. The quantitative estimate of drug-likeness (QED) is 0.662. The lowest BCUT2D eigenvalue weighted by Crippen LogP contribution is -2.22. The summed E-state index contributed by atoms with van der Waals surface area (Å²) in [4.78, 5) is 10.6. The van der Waals surface area contributed by atoms with Crippen LogP contribution >= 0.6 is 0 Å². The predicted molar refractivity (Wildman–Crippen MR) is 71.3 cm³/mol. The van der Waals surface area contributed by atoms with Gasteiger partial charge in [0, 0.05) is 6.54 Å². The van der Waals surface area contributed by atoms with Gasteiger partial charge < -0.3 is 15.2 Å². The Kier molecular flexibility index (Phi) is 6.87.